The predicted octanol–water partition coefficient (Wildman–Crippen LogP) is 5.50. The average molecular weight is 368 g/mol. The van der Waals surface area contributed by atoms with Gasteiger partial charge in [0.05, 0.1) is 17.0 Å². The van der Waals surface area contributed by atoms with Crippen molar-refractivity contribution in [3.63, 3.8) is 0 Å². The third-order valence-corrected chi connectivity index (χ3v) is 4.06. The molecule has 0 amide bonds. The van der Waals surface area contributed by atoms with Crippen LogP contribution >= 0.6 is 0 Å². The molecule has 0 atom stereocenters. The highest BCUT2D eigenvalue weighted by Gasteiger charge is 2.05. The Morgan fingerprint density at radius 1 is 0.714 bits per heavy atom. The van der Waals surface area contributed by atoms with Crippen molar-refractivity contribution in [2.45, 2.75) is 6.92 Å². The molecule has 0 spiro atoms. The Morgan fingerprint density at radius 3 is 1.71 bits per heavy atom. The van der Waals surface area contributed by atoms with Gasteiger partial charge in [-0.25, -0.2) is 4.79 Å². The molecular weight excluding hydrogens is 348 g/mol. The molecule has 0 aliphatic heterocycles. The number of benzene rings is 2. The molecule has 0 saturated heterocycles. The van der Waals surface area contributed by atoms with Crippen LogP contribution in [0.15, 0.2) is 97.3 Å². The molecule has 0 aliphatic carbocycles. The van der Waals surface area contributed by atoms with Crippen molar-refractivity contribution in [1.29, 1.82) is 0 Å². The largest absolute Gasteiger partial charge is 0.478 e. The number of carbonyl (C=O) groups is 1. The summed E-state index contributed by atoms with van der Waals surface area (Å²) in [6, 6.07) is 26.8. The summed E-state index contributed by atoms with van der Waals surface area (Å²) in [4.78, 5) is 19.2. The fraction of sp³-hybridized carbons (Fsp3) is 0.0417. The van der Waals surface area contributed by atoms with Gasteiger partial charge in [-0.1, -0.05) is 60.7 Å². The highest BCUT2D eigenvalue weighted by molar-refractivity contribution is 5.88. The van der Waals surface area contributed by atoms with E-state index in [1.54, 1.807) is 6.07 Å². The van der Waals surface area contributed by atoms with Crippen LogP contribution in [0.3, 0.4) is 0 Å². The topological polar surface area (TPSA) is 63.1 Å². The molecular formula is C24H20N2O2. The molecule has 0 unspecified atom stereocenters. The lowest BCUT2D eigenvalue weighted by molar-refractivity contribution is 0.0697. The molecule has 2 aromatic heterocycles. The van der Waals surface area contributed by atoms with Crippen LogP contribution in [-0.2, 0) is 0 Å². The fourth-order valence-corrected chi connectivity index (χ4v) is 2.63. The first-order chi connectivity index (χ1) is 13.6. The fourth-order valence-electron chi connectivity index (χ4n) is 2.63. The molecule has 4 nitrogen and oxygen atoms in total. The molecule has 4 aromatic rings. The second kappa shape index (κ2) is 9.24. The lowest BCUT2D eigenvalue weighted by atomic mass is 10.1. The van der Waals surface area contributed by atoms with Gasteiger partial charge in [0.25, 0.3) is 0 Å². The number of aromatic carboxylic acids is 1. The van der Waals surface area contributed by atoms with Gasteiger partial charge in [-0.15, -0.1) is 0 Å². The number of nitrogens with zero attached hydrogens (tertiary/aromatic N) is 2. The summed E-state index contributed by atoms with van der Waals surface area (Å²) in [5, 5.41) is 8.83. The minimum atomic E-state index is -0.936. The highest BCUT2D eigenvalue weighted by atomic mass is 16.4. The van der Waals surface area contributed by atoms with E-state index in [1.807, 2.05) is 60.8 Å². The summed E-state index contributed by atoms with van der Waals surface area (Å²) in [5.41, 5.74) is 5.31. The number of rotatable bonds is 3. The van der Waals surface area contributed by atoms with Crippen molar-refractivity contribution in [2.75, 3.05) is 0 Å². The Bertz CT molecular complexity index is 1050. The Morgan fingerprint density at radius 2 is 1.21 bits per heavy atom. The maximum absolute atomic E-state index is 10.8. The maximum Gasteiger partial charge on any atom is 0.335 e. The van der Waals surface area contributed by atoms with Crippen LogP contribution in [0, 0.1) is 6.92 Å². The van der Waals surface area contributed by atoms with Crippen LogP contribution in [0.5, 0.6) is 0 Å². The first-order valence-corrected chi connectivity index (χ1v) is 8.86. The van der Waals surface area contributed by atoms with Gasteiger partial charge in [-0.3, -0.25) is 9.97 Å². The van der Waals surface area contributed by atoms with Crippen molar-refractivity contribution in [1.82, 2.24) is 9.97 Å². The van der Waals surface area contributed by atoms with Crippen molar-refractivity contribution < 1.29 is 9.90 Å². The van der Waals surface area contributed by atoms with E-state index >= 15 is 0 Å². The van der Waals surface area contributed by atoms with E-state index in [2.05, 4.69) is 35.1 Å². The molecule has 0 saturated carbocycles. The van der Waals surface area contributed by atoms with Gasteiger partial charge in [0.1, 0.15) is 0 Å². The van der Waals surface area contributed by atoms with Crippen LogP contribution < -0.4 is 0 Å². The van der Waals surface area contributed by atoms with Crippen LogP contribution in [0.2, 0.25) is 0 Å². The number of pyridine rings is 2. The third kappa shape index (κ3) is 5.11. The molecule has 0 aliphatic rings. The van der Waals surface area contributed by atoms with Crippen molar-refractivity contribution >= 4 is 5.97 Å². The zero-order chi connectivity index (χ0) is 19.8. The van der Waals surface area contributed by atoms with Crippen molar-refractivity contribution in [2.24, 2.45) is 0 Å². The van der Waals surface area contributed by atoms with Crippen LogP contribution in [0.1, 0.15) is 15.9 Å². The number of aryl methyl sites for hydroxylation is 1. The second-order valence-electron chi connectivity index (χ2n) is 6.19. The quantitative estimate of drug-likeness (QED) is 0.518. The lowest BCUT2D eigenvalue weighted by Crippen LogP contribution is -1.97. The van der Waals surface area contributed by atoms with E-state index in [0.717, 1.165) is 11.3 Å². The zero-order valence-electron chi connectivity index (χ0n) is 15.5. The molecule has 2 aromatic carbocycles. The summed E-state index contributed by atoms with van der Waals surface area (Å²) in [7, 11) is 0. The average Bonchev–Trinajstić information content (AvgIpc) is 2.75. The molecule has 4 rings (SSSR count). The Kier molecular flexibility index (Phi) is 6.26. The standard InChI is InChI=1S/C12H9NO2.C12H11N/c14-12(15)10-6-7-13-11(8-10)9-4-2-1-3-5-9;1-10-7-8-13-12(9-10)11-5-3-2-4-6-11/h1-8H,(H,14,15);2-9H,1H3. The van der Waals surface area contributed by atoms with Gasteiger partial charge in [-0.2, -0.15) is 0 Å². The molecule has 2 heterocycles. The number of aromatic nitrogens is 2. The van der Waals surface area contributed by atoms with E-state index in [0.29, 0.717) is 5.69 Å². The van der Waals surface area contributed by atoms with Gasteiger partial charge in [-0.05, 0) is 36.8 Å². The minimum absolute atomic E-state index is 0.254. The number of carboxylic acid groups (broad SMARTS) is 1. The van der Waals surface area contributed by atoms with Gasteiger partial charge in [0.15, 0.2) is 0 Å². The Hall–Kier alpha value is -3.79. The molecule has 0 fully saturated rings. The maximum atomic E-state index is 10.8. The summed E-state index contributed by atoms with van der Waals surface area (Å²) in [6.07, 6.45) is 3.35. The number of carboxylic acids is 1. The first kappa shape index (κ1) is 19.0. The molecule has 138 valence electrons. The van der Waals surface area contributed by atoms with Crippen molar-refractivity contribution in [3.05, 3.63) is 108 Å². The summed E-state index contributed by atoms with van der Waals surface area (Å²) >= 11 is 0. The van der Waals surface area contributed by atoms with Crippen LogP contribution in [0.25, 0.3) is 22.5 Å². The first-order valence-electron chi connectivity index (χ1n) is 8.86. The smallest absolute Gasteiger partial charge is 0.335 e. The SMILES string of the molecule is Cc1ccnc(-c2ccccc2)c1.O=C(O)c1ccnc(-c2ccccc2)c1. The molecule has 1 N–H and O–H groups in total. The lowest BCUT2D eigenvalue weighted by Gasteiger charge is -2.00. The van der Waals surface area contributed by atoms with E-state index < -0.39 is 5.97 Å². The zero-order valence-corrected chi connectivity index (χ0v) is 15.5. The Labute approximate surface area is 164 Å². The van der Waals surface area contributed by atoms with Crippen LogP contribution in [-0.4, -0.2) is 21.0 Å². The third-order valence-electron chi connectivity index (χ3n) is 4.06. The van der Waals surface area contributed by atoms with Gasteiger partial charge < -0.3 is 5.11 Å². The predicted molar refractivity (Wildman–Crippen MR) is 111 cm³/mol. The van der Waals surface area contributed by atoms with Gasteiger partial charge in [0.2, 0.25) is 0 Å². The van der Waals surface area contributed by atoms with E-state index in [1.165, 1.54) is 23.4 Å². The number of hydrogen-bond acceptors (Lipinski definition) is 3. The van der Waals surface area contributed by atoms with Gasteiger partial charge in [0, 0.05) is 23.5 Å². The summed E-state index contributed by atoms with van der Waals surface area (Å²) in [5.74, 6) is -0.936. The van der Waals surface area contributed by atoms with E-state index in [9.17, 15) is 4.79 Å². The summed E-state index contributed by atoms with van der Waals surface area (Å²) in [6.45, 7) is 2.08. The molecule has 4 heteroatoms. The molecule has 0 radical (unpaired) electrons. The van der Waals surface area contributed by atoms with Crippen LogP contribution in [0.4, 0.5) is 0 Å². The monoisotopic (exact) mass is 368 g/mol. The Balaban J connectivity index is 0.000000162. The molecule has 0 bridgehead atoms. The van der Waals surface area contributed by atoms with Gasteiger partial charge >= 0.3 is 5.97 Å². The molecule has 28 heavy (non-hydrogen) atoms. The minimum Gasteiger partial charge on any atom is -0.478 e. The van der Waals surface area contributed by atoms with E-state index in [4.69, 9.17) is 5.11 Å². The number of hydrogen-bond donors (Lipinski definition) is 1. The normalized spacial score (nSPS) is 9.89. The summed E-state index contributed by atoms with van der Waals surface area (Å²) < 4.78 is 0. The van der Waals surface area contributed by atoms with Crippen molar-refractivity contribution in [3.8, 4) is 22.5 Å². The second-order valence-corrected chi connectivity index (χ2v) is 6.19. The highest BCUT2D eigenvalue weighted by Crippen LogP contribution is 2.17. The van der Waals surface area contributed by atoms with E-state index in [-0.39, 0.29) is 5.56 Å².